The maximum atomic E-state index is 14.2. The number of nitrogens with one attached hydrogen (secondary N) is 1. The third-order valence-electron chi connectivity index (χ3n) is 9.27. The fourth-order valence-electron chi connectivity index (χ4n) is 6.72. The average molecular weight is 552 g/mol. The van der Waals surface area contributed by atoms with Crippen LogP contribution in [0.3, 0.4) is 0 Å². The van der Waals surface area contributed by atoms with E-state index in [2.05, 4.69) is 22.4 Å². The minimum absolute atomic E-state index is 0.00749. The number of fused-ring (bicyclic) bond motifs is 1. The lowest BCUT2D eigenvalue weighted by Gasteiger charge is -2.39. The van der Waals surface area contributed by atoms with Crippen molar-refractivity contribution in [2.45, 2.75) is 89.0 Å². The highest BCUT2D eigenvalue weighted by Gasteiger charge is 2.41. The number of aryl methyl sites for hydroxylation is 1. The standard InChI is InChI=1S/C31H36F3N5O/c1-30(11-6-12-30)35-17-21-14-25-26(27(15-21)31(32,33)34)18-39(29(25)40)23-10-5-9-22(16-23)24(13-20-7-3-4-8-20)28-37-36-19-38(28)2/h5,9-10,14-16,19-20,24,35H,3-4,6-8,11-13,17-18H2,1-2H3/t24-/m0/s1. The molecule has 2 fully saturated rings. The first kappa shape index (κ1) is 27.0. The second-order valence-corrected chi connectivity index (χ2v) is 12.2. The summed E-state index contributed by atoms with van der Waals surface area (Å²) < 4.78 is 44.6. The van der Waals surface area contributed by atoms with E-state index in [1.807, 2.05) is 35.9 Å². The molecule has 2 aromatic carbocycles. The molecule has 0 radical (unpaired) electrons. The van der Waals surface area contributed by atoms with Gasteiger partial charge in [0.1, 0.15) is 12.2 Å². The van der Waals surface area contributed by atoms with Gasteiger partial charge in [0.2, 0.25) is 0 Å². The number of nitrogens with zero attached hydrogens (tertiary/aromatic N) is 4. The molecule has 1 N–H and O–H groups in total. The van der Waals surface area contributed by atoms with E-state index >= 15 is 0 Å². The van der Waals surface area contributed by atoms with Gasteiger partial charge in [0, 0.05) is 36.3 Å². The van der Waals surface area contributed by atoms with E-state index in [9.17, 15) is 18.0 Å². The zero-order chi connectivity index (χ0) is 28.1. The lowest BCUT2D eigenvalue weighted by atomic mass is 9.78. The molecule has 6 nitrogen and oxygen atoms in total. The molecule has 0 spiro atoms. The first-order valence-electron chi connectivity index (χ1n) is 14.3. The van der Waals surface area contributed by atoms with E-state index in [0.29, 0.717) is 23.7 Å². The van der Waals surface area contributed by atoms with Gasteiger partial charge in [-0.15, -0.1) is 10.2 Å². The number of hydrogen-bond donors (Lipinski definition) is 1. The molecule has 6 rings (SSSR count). The monoisotopic (exact) mass is 551 g/mol. The van der Waals surface area contributed by atoms with Gasteiger partial charge in [-0.05, 0) is 79.5 Å². The van der Waals surface area contributed by atoms with Gasteiger partial charge in [0.25, 0.3) is 5.91 Å². The molecule has 1 aromatic heterocycles. The Bertz CT molecular complexity index is 1400. The Balaban J connectivity index is 1.31. The van der Waals surface area contributed by atoms with E-state index < -0.39 is 11.7 Å². The molecule has 0 unspecified atom stereocenters. The molecule has 212 valence electrons. The highest BCUT2D eigenvalue weighted by atomic mass is 19.4. The van der Waals surface area contributed by atoms with Crippen LogP contribution in [0.1, 0.15) is 103 Å². The molecule has 0 bridgehead atoms. The molecule has 2 aliphatic carbocycles. The first-order valence-corrected chi connectivity index (χ1v) is 14.3. The Morgan fingerprint density at radius 2 is 1.90 bits per heavy atom. The summed E-state index contributed by atoms with van der Waals surface area (Å²) in [5.41, 5.74) is 1.52. The summed E-state index contributed by atoms with van der Waals surface area (Å²) in [6.07, 6.45) is 6.03. The molecule has 0 saturated heterocycles. The number of hydrogen-bond acceptors (Lipinski definition) is 4. The minimum Gasteiger partial charge on any atom is -0.320 e. The molecule has 2 saturated carbocycles. The predicted molar refractivity (Wildman–Crippen MR) is 147 cm³/mol. The van der Waals surface area contributed by atoms with Crippen molar-refractivity contribution >= 4 is 11.6 Å². The van der Waals surface area contributed by atoms with E-state index in [0.717, 1.165) is 37.1 Å². The smallest absolute Gasteiger partial charge is 0.320 e. The Morgan fingerprint density at radius 3 is 2.55 bits per heavy atom. The van der Waals surface area contributed by atoms with Crippen molar-refractivity contribution in [2.75, 3.05) is 4.90 Å². The molecule has 3 aliphatic rings. The predicted octanol–water partition coefficient (Wildman–Crippen LogP) is 6.74. The molecule has 1 atom stereocenters. The first-order chi connectivity index (χ1) is 19.1. The molecule has 9 heteroatoms. The van der Waals surface area contributed by atoms with Crippen LogP contribution < -0.4 is 10.2 Å². The normalized spacial score (nSPS) is 19.6. The number of anilines is 1. The summed E-state index contributed by atoms with van der Waals surface area (Å²) in [6.45, 7) is 2.29. The molecule has 2 heterocycles. The summed E-state index contributed by atoms with van der Waals surface area (Å²) in [5.74, 6) is 1.05. The molecule has 3 aromatic rings. The fraction of sp³-hybridized carbons (Fsp3) is 0.516. The van der Waals surface area contributed by atoms with E-state index in [1.165, 1.54) is 36.6 Å². The highest BCUT2D eigenvalue weighted by molar-refractivity contribution is 6.10. The number of aromatic nitrogens is 3. The van der Waals surface area contributed by atoms with Gasteiger partial charge in [-0.25, -0.2) is 0 Å². The van der Waals surface area contributed by atoms with Crippen LogP contribution in [-0.4, -0.2) is 26.2 Å². The zero-order valence-corrected chi connectivity index (χ0v) is 23.1. The second-order valence-electron chi connectivity index (χ2n) is 12.2. The van der Waals surface area contributed by atoms with Gasteiger partial charge in [-0.2, -0.15) is 13.2 Å². The van der Waals surface area contributed by atoms with Gasteiger partial charge < -0.3 is 14.8 Å². The number of amides is 1. The Kier molecular flexibility index (Phi) is 6.97. The summed E-state index contributed by atoms with van der Waals surface area (Å²) in [6, 6.07) is 10.5. The number of carbonyl (C=O) groups is 1. The number of rotatable bonds is 8. The highest BCUT2D eigenvalue weighted by Crippen LogP contribution is 2.42. The lowest BCUT2D eigenvalue weighted by Crippen LogP contribution is -2.47. The summed E-state index contributed by atoms with van der Waals surface area (Å²) in [7, 11) is 1.93. The van der Waals surface area contributed by atoms with Crippen molar-refractivity contribution in [3.05, 3.63) is 76.4 Å². The lowest BCUT2D eigenvalue weighted by molar-refractivity contribution is -0.138. The largest absolute Gasteiger partial charge is 0.416 e. The molecule has 40 heavy (non-hydrogen) atoms. The topological polar surface area (TPSA) is 63.1 Å². The van der Waals surface area contributed by atoms with Crippen LogP contribution in [0.4, 0.5) is 18.9 Å². The summed E-state index contributed by atoms with van der Waals surface area (Å²) >= 11 is 0. The number of benzene rings is 2. The minimum atomic E-state index is -4.55. The number of alkyl halides is 3. The Morgan fingerprint density at radius 1 is 1.12 bits per heavy atom. The van der Waals surface area contributed by atoms with E-state index in [4.69, 9.17) is 0 Å². The van der Waals surface area contributed by atoms with Crippen molar-refractivity contribution in [3.63, 3.8) is 0 Å². The maximum absolute atomic E-state index is 14.2. The Labute approximate surface area is 233 Å². The van der Waals surface area contributed by atoms with Gasteiger partial charge in [-0.3, -0.25) is 4.79 Å². The van der Waals surface area contributed by atoms with Crippen LogP contribution >= 0.6 is 0 Å². The molecule has 1 amide bonds. The van der Waals surface area contributed by atoms with Crippen molar-refractivity contribution < 1.29 is 18.0 Å². The SMILES string of the molecule is Cn1cnnc1[C@@H](CC1CCCC1)c1cccc(N2Cc3c(cc(CNC4(C)CCC4)cc3C(F)(F)F)C2=O)c1. The van der Waals surface area contributed by atoms with Gasteiger partial charge in [-0.1, -0.05) is 37.8 Å². The molecular weight excluding hydrogens is 515 g/mol. The number of carbonyl (C=O) groups excluding carboxylic acids is 1. The third-order valence-corrected chi connectivity index (χ3v) is 9.27. The van der Waals surface area contributed by atoms with Crippen LogP contribution in [-0.2, 0) is 26.3 Å². The quantitative estimate of drug-likeness (QED) is 0.337. The van der Waals surface area contributed by atoms with E-state index in [-0.39, 0.29) is 35.0 Å². The van der Waals surface area contributed by atoms with E-state index in [1.54, 1.807) is 12.4 Å². The molecular formula is C31H36F3N5O. The van der Waals surface area contributed by atoms with Crippen molar-refractivity contribution in [1.29, 1.82) is 0 Å². The maximum Gasteiger partial charge on any atom is 0.416 e. The van der Waals surface area contributed by atoms with Gasteiger partial charge in [0.15, 0.2) is 0 Å². The average Bonchev–Trinajstić information content (AvgIpc) is 3.65. The molecule has 1 aliphatic heterocycles. The van der Waals surface area contributed by atoms with Crippen molar-refractivity contribution in [3.8, 4) is 0 Å². The summed E-state index contributed by atoms with van der Waals surface area (Å²) in [4.78, 5) is 15.1. The van der Waals surface area contributed by atoms with Crippen LogP contribution in [0.5, 0.6) is 0 Å². The van der Waals surface area contributed by atoms with Crippen LogP contribution in [0.25, 0.3) is 0 Å². The summed E-state index contributed by atoms with van der Waals surface area (Å²) in [5, 5.41) is 11.9. The fourth-order valence-corrected chi connectivity index (χ4v) is 6.72. The number of halogens is 3. The zero-order valence-electron chi connectivity index (χ0n) is 23.1. The van der Waals surface area contributed by atoms with Crippen molar-refractivity contribution in [2.24, 2.45) is 13.0 Å². The third kappa shape index (κ3) is 5.16. The van der Waals surface area contributed by atoms with Crippen LogP contribution in [0, 0.1) is 5.92 Å². The van der Waals surface area contributed by atoms with Gasteiger partial charge >= 0.3 is 6.18 Å². The van der Waals surface area contributed by atoms with Crippen LogP contribution in [0.2, 0.25) is 0 Å². The van der Waals surface area contributed by atoms with Crippen molar-refractivity contribution in [1.82, 2.24) is 20.1 Å². The Hall–Kier alpha value is -3.20. The van der Waals surface area contributed by atoms with Gasteiger partial charge in [0.05, 0.1) is 12.1 Å². The second kappa shape index (κ2) is 10.3. The van der Waals surface area contributed by atoms with Crippen LogP contribution in [0.15, 0.2) is 42.7 Å².